The van der Waals surface area contributed by atoms with Gasteiger partial charge >= 0.3 is 27.6 Å². The zero-order chi connectivity index (χ0) is 46.9. The SMILES string of the molecule is CC/C=C\C/C=C\CC(O)/C=C/C=C\C/C=C\CCCC(=O)OC[C@H](COP(=O)(O)OC[C@@H](O)COP(=O)(O)O)OC(=O)CCCCCCCCCCCCCCCCCC(C)C. The first-order chi connectivity index (χ1) is 30.1. The monoisotopic (exact) mass is 935 g/mol. The smallest absolute Gasteiger partial charge is 0.462 e. The van der Waals surface area contributed by atoms with E-state index >= 15 is 0 Å². The molecule has 0 saturated carbocycles. The summed E-state index contributed by atoms with van der Waals surface area (Å²) in [7, 11) is -9.71. The van der Waals surface area contributed by atoms with Crippen molar-refractivity contribution < 1.29 is 66.7 Å². The molecule has 16 heteroatoms. The molecule has 0 aromatic carbocycles. The molecule has 0 aliphatic carbocycles. The average Bonchev–Trinajstić information content (AvgIpc) is 3.23. The number of esters is 2. The summed E-state index contributed by atoms with van der Waals surface area (Å²) < 4.78 is 47.8. The van der Waals surface area contributed by atoms with E-state index in [0.717, 1.165) is 44.4 Å². The van der Waals surface area contributed by atoms with Gasteiger partial charge in [-0.2, -0.15) is 0 Å². The van der Waals surface area contributed by atoms with Crippen LogP contribution in [0.3, 0.4) is 0 Å². The standard InChI is InChI=1S/C47H84O14P2/c1-4-5-6-7-24-29-34-43(48)35-30-25-20-17-18-21-26-31-36-46(50)57-40-45(41-60-63(55,56)59-39-44(49)38-58-62(52,53)54)61-47(51)37-32-27-22-16-14-12-10-8-9-11-13-15-19-23-28-33-42(2)3/h5-6,18,20-21,24-25,29-30,35,42-45,48-49H,4,7-17,19,22-23,26-28,31-34,36-41H2,1-3H3,(H,55,56)(H2,52,53,54)/b6-5-,21-18-,25-20-,29-24-,35-30+/t43?,44-,45+/m0/s1. The molecule has 0 aromatic rings. The maximum atomic E-state index is 12.7. The molecule has 0 saturated heterocycles. The number of rotatable bonds is 43. The first-order valence-electron chi connectivity index (χ1n) is 23.4. The van der Waals surface area contributed by atoms with Crippen LogP contribution in [0.1, 0.15) is 175 Å². The van der Waals surface area contributed by atoms with Crippen LogP contribution >= 0.6 is 15.6 Å². The Morgan fingerprint density at radius 2 is 1.10 bits per heavy atom. The van der Waals surface area contributed by atoms with E-state index in [1.807, 2.05) is 42.5 Å². The molecule has 0 aliphatic rings. The lowest BCUT2D eigenvalue weighted by Gasteiger charge is -2.20. The van der Waals surface area contributed by atoms with Crippen LogP contribution in [0.5, 0.6) is 0 Å². The van der Waals surface area contributed by atoms with E-state index < -0.39 is 72.3 Å². The van der Waals surface area contributed by atoms with E-state index in [9.17, 15) is 33.8 Å². The second kappa shape index (κ2) is 41.2. The van der Waals surface area contributed by atoms with Crippen molar-refractivity contribution in [3.05, 3.63) is 60.8 Å². The molecule has 0 spiro atoms. The van der Waals surface area contributed by atoms with Gasteiger partial charge in [-0.25, -0.2) is 9.13 Å². The number of allylic oxidation sites excluding steroid dienone is 8. The number of hydrogen-bond donors (Lipinski definition) is 5. The third kappa shape index (κ3) is 46.1. The molecule has 0 aliphatic heterocycles. The predicted octanol–water partition coefficient (Wildman–Crippen LogP) is 11.2. The van der Waals surface area contributed by atoms with Crippen molar-refractivity contribution >= 4 is 27.6 Å². The van der Waals surface area contributed by atoms with Crippen LogP contribution in [0.2, 0.25) is 0 Å². The normalized spacial score (nSPS) is 15.1. The van der Waals surface area contributed by atoms with Crippen molar-refractivity contribution in [1.29, 1.82) is 0 Å². The Morgan fingerprint density at radius 1 is 0.571 bits per heavy atom. The molecule has 0 radical (unpaired) electrons. The zero-order valence-electron chi connectivity index (χ0n) is 38.7. The van der Waals surface area contributed by atoms with Crippen molar-refractivity contribution in [3.63, 3.8) is 0 Å². The highest BCUT2D eigenvalue weighted by atomic mass is 31.2. The number of phosphoric acid groups is 2. The predicted molar refractivity (Wildman–Crippen MR) is 250 cm³/mol. The van der Waals surface area contributed by atoms with Crippen LogP contribution in [-0.4, -0.2) is 81.6 Å². The fourth-order valence-corrected chi connectivity index (χ4v) is 7.28. The molecule has 0 heterocycles. The molecule has 4 atom stereocenters. The molecule has 5 N–H and O–H groups in total. The van der Waals surface area contributed by atoms with Gasteiger partial charge in [-0.15, -0.1) is 0 Å². The molecule has 14 nitrogen and oxygen atoms in total. The maximum Gasteiger partial charge on any atom is 0.472 e. The fraction of sp³-hybridized carbons (Fsp3) is 0.745. The van der Waals surface area contributed by atoms with Crippen LogP contribution in [0, 0.1) is 5.92 Å². The van der Waals surface area contributed by atoms with Crippen molar-refractivity contribution in [2.24, 2.45) is 5.92 Å². The van der Waals surface area contributed by atoms with Gasteiger partial charge in [0.2, 0.25) is 0 Å². The Hall–Kier alpha value is -2.22. The molecule has 0 bridgehead atoms. The number of aliphatic hydroxyl groups is 2. The molecule has 0 rings (SSSR count). The summed E-state index contributed by atoms with van der Waals surface area (Å²) in [5, 5.41) is 19.8. The van der Waals surface area contributed by atoms with Gasteiger partial charge in [-0.1, -0.05) is 178 Å². The highest BCUT2D eigenvalue weighted by molar-refractivity contribution is 7.47. The first kappa shape index (κ1) is 60.8. The molecule has 366 valence electrons. The Labute approximate surface area is 379 Å². The molecule has 63 heavy (non-hydrogen) atoms. The van der Waals surface area contributed by atoms with E-state index in [-0.39, 0.29) is 12.8 Å². The summed E-state index contributed by atoms with van der Waals surface area (Å²) in [6, 6.07) is 0. The number of hydrogen-bond acceptors (Lipinski definition) is 11. The summed E-state index contributed by atoms with van der Waals surface area (Å²) >= 11 is 0. The average molecular weight is 935 g/mol. The minimum atomic E-state index is -4.88. The lowest BCUT2D eigenvalue weighted by atomic mass is 10.0. The number of carbonyl (C=O) groups excluding carboxylic acids is 2. The Bertz CT molecular complexity index is 1370. The molecule has 0 amide bonds. The van der Waals surface area contributed by atoms with Crippen LogP contribution in [0.4, 0.5) is 0 Å². The van der Waals surface area contributed by atoms with Gasteiger partial charge < -0.3 is 34.4 Å². The van der Waals surface area contributed by atoms with E-state index in [4.69, 9.17) is 23.8 Å². The second-order valence-electron chi connectivity index (χ2n) is 16.3. The quantitative estimate of drug-likeness (QED) is 0.0126. The summed E-state index contributed by atoms with van der Waals surface area (Å²) in [4.78, 5) is 52.8. The second-order valence-corrected chi connectivity index (χ2v) is 19.0. The van der Waals surface area contributed by atoms with Crippen molar-refractivity contribution in [2.45, 2.75) is 193 Å². The third-order valence-electron chi connectivity index (χ3n) is 9.67. The van der Waals surface area contributed by atoms with E-state index in [0.29, 0.717) is 32.1 Å². The third-order valence-corrected chi connectivity index (χ3v) is 11.1. The van der Waals surface area contributed by atoms with Crippen molar-refractivity contribution in [1.82, 2.24) is 0 Å². The van der Waals surface area contributed by atoms with E-state index in [1.165, 1.54) is 70.6 Å². The van der Waals surface area contributed by atoms with Gasteiger partial charge in [0.05, 0.1) is 25.9 Å². The van der Waals surface area contributed by atoms with Gasteiger partial charge in [0, 0.05) is 12.8 Å². The van der Waals surface area contributed by atoms with E-state index in [1.54, 1.807) is 6.08 Å². The largest absolute Gasteiger partial charge is 0.472 e. The van der Waals surface area contributed by atoms with Gasteiger partial charge in [-0.05, 0) is 50.9 Å². The van der Waals surface area contributed by atoms with Gasteiger partial charge in [-0.3, -0.25) is 23.2 Å². The van der Waals surface area contributed by atoms with Crippen molar-refractivity contribution in [3.8, 4) is 0 Å². The lowest BCUT2D eigenvalue weighted by molar-refractivity contribution is -0.161. The molecule has 0 fully saturated rings. The van der Waals surface area contributed by atoms with E-state index in [2.05, 4.69) is 42.0 Å². The highest BCUT2D eigenvalue weighted by Gasteiger charge is 2.28. The number of unbranched alkanes of at least 4 members (excludes halogenated alkanes) is 15. The molecular formula is C47H84O14P2. The van der Waals surface area contributed by atoms with Gasteiger partial charge in [0.25, 0.3) is 0 Å². The molecule has 2 unspecified atom stereocenters. The number of aliphatic hydroxyl groups excluding tert-OH is 2. The lowest BCUT2D eigenvalue weighted by Crippen LogP contribution is -2.30. The van der Waals surface area contributed by atoms with Gasteiger partial charge in [0.1, 0.15) is 12.7 Å². The first-order valence-corrected chi connectivity index (χ1v) is 26.5. The maximum absolute atomic E-state index is 12.7. The molecule has 0 aromatic heterocycles. The Balaban J connectivity index is 4.60. The number of ether oxygens (including phenoxy) is 2. The van der Waals surface area contributed by atoms with Crippen LogP contribution in [0.25, 0.3) is 0 Å². The minimum absolute atomic E-state index is 0.0839. The van der Waals surface area contributed by atoms with Gasteiger partial charge in [0.15, 0.2) is 6.10 Å². The summed E-state index contributed by atoms with van der Waals surface area (Å²) in [6.45, 7) is 3.84. The van der Waals surface area contributed by atoms with Crippen LogP contribution < -0.4 is 0 Å². The Kier molecular flexibility index (Phi) is 39.8. The minimum Gasteiger partial charge on any atom is -0.462 e. The number of phosphoric ester groups is 2. The highest BCUT2D eigenvalue weighted by Crippen LogP contribution is 2.43. The van der Waals surface area contributed by atoms with Crippen LogP contribution in [0.15, 0.2) is 60.8 Å². The summed E-state index contributed by atoms with van der Waals surface area (Å²) in [5.41, 5.74) is 0. The fourth-order valence-electron chi connectivity index (χ4n) is 6.12. The molecular weight excluding hydrogens is 850 g/mol. The summed E-state index contributed by atoms with van der Waals surface area (Å²) in [5.74, 6) is -0.328. The van der Waals surface area contributed by atoms with Crippen molar-refractivity contribution in [2.75, 3.05) is 26.4 Å². The zero-order valence-corrected chi connectivity index (χ0v) is 40.5. The van der Waals surface area contributed by atoms with Crippen LogP contribution in [-0.2, 0) is 41.8 Å². The summed E-state index contributed by atoms with van der Waals surface area (Å²) in [6.07, 6.45) is 39.6. The topological polar surface area (TPSA) is 216 Å². The number of carbonyl (C=O) groups is 2. The Morgan fingerprint density at radius 3 is 1.70 bits per heavy atom.